The van der Waals surface area contributed by atoms with Crippen molar-refractivity contribution >= 4 is 5.69 Å². The van der Waals surface area contributed by atoms with Crippen LogP contribution in [0.5, 0.6) is 0 Å². The Kier molecular flexibility index (Phi) is 7.01. The Morgan fingerprint density at radius 3 is 1.48 bits per heavy atom. The van der Waals surface area contributed by atoms with Crippen molar-refractivity contribution in [1.29, 1.82) is 0 Å². The molecule has 4 saturated carbocycles. The highest BCUT2D eigenvalue weighted by atomic mass is 15.0. The van der Waals surface area contributed by atoms with Crippen molar-refractivity contribution in [2.24, 2.45) is 17.8 Å². The van der Waals surface area contributed by atoms with Crippen LogP contribution in [0.1, 0.15) is 44.1 Å². The van der Waals surface area contributed by atoms with E-state index >= 15 is 0 Å². The maximum atomic E-state index is 7.23. The molecular weight excluding hydrogens is 585 g/mol. The number of rotatable bonds is 6. The van der Waals surface area contributed by atoms with Crippen molar-refractivity contribution in [1.82, 2.24) is 15.0 Å². The van der Waals surface area contributed by atoms with Crippen LogP contribution < -0.4 is 0 Å². The number of aromatic nitrogens is 3. The van der Waals surface area contributed by atoms with E-state index in [4.69, 9.17) is 21.5 Å². The Labute approximate surface area is 282 Å². The molecule has 0 saturated heterocycles. The third-order valence-electron chi connectivity index (χ3n) is 11.1. The second-order valence-corrected chi connectivity index (χ2v) is 14.3. The second-order valence-electron chi connectivity index (χ2n) is 14.3. The molecule has 1 heterocycles. The standard InChI is InChI=1S/C44H36N4/c1-45-40-20-16-33(17-21-40)32-10-12-36(13-11-32)42-46-41(35-6-3-2-4-7-35)47-43(48-42)38-9-5-8-37(25-38)34-14-18-39(19-15-34)44-26-29-22-30(27-44)24-31(23-29)28-44/h2-21,25,29-31H,22-24,26-28H2. The maximum Gasteiger partial charge on any atom is 0.187 e. The van der Waals surface area contributed by atoms with Gasteiger partial charge >= 0.3 is 0 Å². The van der Waals surface area contributed by atoms with Gasteiger partial charge in [0.1, 0.15) is 0 Å². The van der Waals surface area contributed by atoms with E-state index in [0.29, 0.717) is 28.6 Å². The highest BCUT2D eigenvalue weighted by molar-refractivity contribution is 5.74. The van der Waals surface area contributed by atoms with Gasteiger partial charge in [0.25, 0.3) is 0 Å². The summed E-state index contributed by atoms with van der Waals surface area (Å²) in [6, 6.07) is 44.2. The van der Waals surface area contributed by atoms with E-state index in [0.717, 1.165) is 45.6 Å². The van der Waals surface area contributed by atoms with Gasteiger partial charge in [-0.25, -0.2) is 19.8 Å². The van der Waals surface area contributed by atoms with Gasteiger partial charge in [0.2, 0.25) is 0 Å². The molecule has 5 aromatic carbocycles. The average molecular weight is 621 g/mol. The lowest BCUT2D eigenvalue weighted by Crippen LogP contribution is -2.48. The van der Waals surface area contributed by atoms with Gasteiger partial charge < -0.3 is 0 Å². The lowest BCUT2D eigenvalue weighted by atomic mass is 9.48. The first-order valence-corrected chi connectivity index (χ1v) is 17.2. The minimum atomic E-state index is 0.408. The molecule has 0 amide bonds. The molecular formula is C44H36N4. The fraction of sp³-hybridized carbons (Fsp3) is 0.227. The van der Waals surface area contributed by atoms with Crippen LogP contribution in [-0.4, -0.2) is 15.0 Å². The zero-order chi connectivity index (χ0) is 32.1. The molecule has 232 valence electrons. The van der Waals surface area contributed by atoms with Crippen molar-refractivity contribution in [3.8, 4) is 56.4 Å². The Hall–Kier alpha value is -5.40. The van der Waals surface area contributed by atoms with Crippen LogP contribution in [0, 0.1) is 24.3 Å². The lowest BCUT2D eigenvalue weighted by molar-refractivity contribution is -0.00518. The summed E-state index contributed by atoms with van der Waals surface area (Å²) in [5, 5.41) is 0. The largest absolute Gasteiger partial charge is 0.238 e. The third kappa shape index (κ3) is 5.30. The summed E-state index contributed by atoms with van der Waals surface area (Å²) in [5.74, 6) is 4.78. The fourth-order valence-electron chi connectivity index (χ4n) is 9.21. The highest BCUT2D eigenvalue weighted by Gasteiger charge is 2.51. The Balaban J connectivity index is 1.05. The monoisotopic (exact) mass is 620 g/mol. The summed E-state index contributed by atoms with van der Waals surface area (Å²) < 4.78 is 0. The second kappa shape index (κ2) is 11.7. The van der Waals surface area contributed by atoms with Gasteiger partial charge in [-0.15, -0.1) is 0 Å². The van der Waals surface area contributed by atoms with E-state index in [1.165, 1.54) is 49.7 Å². The fourth-order valence-corrected chi connectivity index (χ4v) is 9.21. The van der Waals surface area contributed by atoms with Crippen LogP contribution in [0.3, 0.4) is 0 Å². The van der Waals surface area contributed by atoms with E-state index in [9.17, 15) is 0 Å². The lowest BCUT2D eigenvalue weighted by Gasteiger charge is -2.57. The number of nitrogens with zero attached hydrogens (tertiary/aromatic N) is 4. The van der Waals surface area contributed by atoms with Crippen LogP contribution in [0.15, 0.2) is 127 Å². The molecule has 0 spiro atoms. The van der Waals surface area contributed by atoms with Crippen molar-refractivity contribution in [2.45, 2.75) is 43.9 Å². The summed E-state index contributed by atoms with van der Waals surface area (Å²) in [4.78, 5) is 18.5. The zero-order valence-corrected chi connectivity index (χ0v) is 26.9. The van der Waals surface area contributed by atoms with E-state index in [1.807, 2.05) is 54.6 Å². The predicted molar refractivity (Wildman–Crippen MR) is 193 cm³/mol. The Morgan fingerprint density at radius 2 is 0.896 bits per heavy atom. The minimum Gasteiger partial charge on any atom is -0.238 e. The van der Waals surface area contributed by atoms with Gasteiger partial charge in [-0.05, 0) is 95.6 Å². The molecule has 4 aliphatic rings. The third-order valence-corrected chi connectivity index (χ3v) is 11.1. The quantitative estimate of drug-likeness (QED) is 0.174. The summed E-state index contributed by atoms with van der Waals surface area (Å²) >= 11 is 0. The average Bonchev–Trinajstić information content (AvgIpc) is 3.15. The van der Waals surface area contributed by atoms with E-state index in [1.54, 1.807) is 5.56 Å². The van der Waals surface area contributed by atoms with Gasteiger partial charge in [0.15, 0.2) is 23.2 Å². The number of benzene rings is 5. The molecule has 0 aliphatic heterocycles. The summed E-state index contributed by atoms with van der Waals surface area (Å²) in [5.41, 5.74) is 9.99. The molecule has 1 aromatic heterocycles. The maximum absolute atomic E-state index is 7.23. The van der Waals surface area contributed by atoms with Gasteiger partial charge in [0.05, 0.1) is 6.57 Å². The number of hydrogen-bond acceptors (Lipinski definition) is 3. The van der Waals surface area contributed by atoms with Crippen molar-refractivity contribution in [3.05, 3.63) is 144 Å². The highest BCUT2D eigenvalue weighted by Crippen LogP contribution is 2.60. The molecule has 4 nitrogen and oxygen atoms in total. The SMILES string of the molecule is [C-]#[N+]c1ccc(-c2ccc(-c3nc(-c4ccccc4)nc(-c4cccc(-c5ccc(C67CC8CC(CC(C8)C6)C7)cc5)c4)n3)cc2)cc1. The van der Waals surface area contributed by atoms with Crippen LogP contribution in [0.2, 0.25) is 0 Å². The summed E-state index contributed by atoms with van der Waals surface area (Å²) in [7, 11) is 0. The molecule has 6 aromatic rings. The van der Waals surface area contributed by atoms with E-state index < -0.39 is 0 Å². The van der Waals surface area contributed by atoms with Crippen LogP contribution >= 0.6 is 0 Å². The summed E-state index contributed by atoms with van der Waals surface area (Å²) in [6.07, 6.45) is 8.58. The Bertz CT molecular complexity index is 2110. The topological polar surface area (TPSA) is 43.0 Å². The van der Waals surface area contributed by atoms with Gasteiger partial charge in [-0.2, -0.15) is 0 Å². The molecule has 48 heavy (non-hydrogen) atoms. The molecule has 10 rings (SSSR count). The first-order valence-electron chi connectivity index (χ1n) is 17.2. The van der Waals surface area contributed by atoms with Gasteiger partial charge in [-0.1, -0.05) is 121 Å². The molecule has 4 bridgehead atoms. The molecule has 0 unspecified atom stereocenters. The Morgan fingerprint density at radius 1 is 0.458 bits per heavy atom. The summed E-state index contributed by atoms with van der Waals surface area (Å²) in [6.45, 7) is 7.23. The number of hydrogen-bond donors (Lipinski definition) is 0. The van der Waals surface area contributed by atoms with Crippen LogP contribution in [0.4, 0.5) is 5.69 Å². The normalized spacial score (nSPS) is 22.4. The molecule has 0 atom stereocenters. The zero-order valence-electron chi connectivity index (χ0n) is 26.9. The van der Waals surface area contributed by atoms with Crippen LogP contribution in [0.25, 0.3) is 61.3 Å². The van der Waals surface area contributed by atoms with Gasteiger partial charge in [0, 0.05) is 16.7 Å². The molecule has 0 radical (unpaired) electrons. The van der Waals surface area contributed by atoms with E-state index in [-0.39, 0.29) is 0 Å². The molecule has 0 N–H and O–H groups in total. The van der Waals surface area contributed by atoms with Crippen LogP contribution in [-0.2, 0) is 5.41 Å². The van der Waals surface area contributed by atoms with Crippen molar-refractivity contribution < 1.29 is 0 Å². The van der Waals surface area contributed by atoms with Crippen molar-refractivity contribution in [2.75, 3.05) is 0 Å². The smallest absolute Gasteiger partial charge is 0.187 e. The minimum absolute atomic E-state index is 0.408. The predicted octanol–water partition coefficient (Wildman–Crippen LogP) is 11.2. The molecule has 4 heteroatoms. The molecule has 4 aliphatic carbocycles. The first-order chi connectivity index (χ1) is 23.6. The molecule has 4 fully saturated rings. The van der Waals surface area contributed by atoms with E-state index in [2.05, 4.69) is 77.6 Å². The van der Waals surface area contributed by atoms with Crippen molar-refractivity contribution in [3.63, 3.8) is 0 Å². The first kappa shape index (κ1) is 28.8. The van der Waals surface area contributed by atoms with Gasteiger partial charge in [-0.3, -0.25) is 0 Å².